The van der Waals surface area contributed by atoms with Crippen LogP contribution in [0.25, 0.3) is 0 Å². The zero-order valence-electron chi connectivity index (χ0n) is 16.3. The van der Waals surface area contributed by atoms with Crippen LogP contribution in [0.1, 0.15) is 28.8 Å². The predicted molar refractivity (Wildman–Crippen MR) is 121 cm³/mol. The Morgan fingerprint density at radius 1 is 0.867 bits per heavy atom. The van der Waals surface area contributed by atoms with Gasteiger partial charge in [-0.1, -0.05) is 48.0 Å². The highest BCUT2D eigenvalue weighted by atomic mass is 35.5. The number of carbonyl (C=O) groups is 2. The first-order chi connectivity index (χ1) is 14.6. The molecular weight excluding hydrogens is 398 g/mol. The third-order valence-corrected chi connectivity index (χ3v) is 5.21. The molecule has 2 amide bonds. The van der Waals surface area contributed by atoms with Crippen molar-refractivity contribution >= 4 is 40.5 Å². The first-order valence-corrected chi connectivity index (χ1v) is 10.3. The highest BCUT2D eigenvalue weighted by molar-refractivity contribution is 6.33. The Bertz CT molecular complexity index is 1070. The molecule has 0 aromatic heterocycles. The standard InChI is InChI=1S/C24H22ClN3O2/c25-21-14-20(11-12-22(21)26-15-16-5-2-1-3-6-16)28-24(30)18-7-4-8-19(13-18)27-23(29)17-9-10-17/h1-8,11-14,17,26H,9-10,15H2,(H,27,29)(H,28,30). The molecule has 5 nitrogen and oxygen atoms in total. The molecule has 1 aliphatic carbocycles. The van der Waals surface area contributed by atoms with Gasteiger partial charge in [0.15, 0.2) is 0 Å². The summed E-state index contributed by atoms with van der Waals surface area (Å²) in [5.41, 5.74) is 3.63. The van der Waals surface area contributed by atoms with Gasteiger partial charge in [-0.05, 0) is 54.8 Å². The van der Waals surface area contributed by atoms with E-state index in [-0.39, 0.29) is 17.7 Å². The minimum absolute atomic E-state index is 0.0120. The van der Waals surface area contributed by atoms with Gasteiger partial charge in [0.05, 0.1) is 10.7 Å². The average molecular weight is 420 g/mol. The van der Waals surface area contributed by atoms with Crippen LogP contribution in [0, 0.1) is 5.92 Å². The van der Waals surface area contributed by atoms with E-state index in [1.165, 1.54) is 0 Å². The molecular formula is C24H22ClN3O2. The van der Waals surface area contributed by atoms with Gasteiger partial charge in [-0.3, -0.25) is 9.59 Å². The topological polar surface area (TPSA) is 70.2 Å². The first kappa shape index (κ1) is 20.0. The molecule has 152 valence electrons. The summed E-state index contributed by atoms with van der Waals surface area (Å²) in [5.74, 6) is -0.143. The SMILES string of the molecule is O=C(Nc1ccc(NCc2ccccc2)c(Cl)c1)c1cccc(NC(=O)C2CC2)c1. The average Bonchev–Trinajstić information content (AvgIpc) is 3.60. The lowest BCUT2D eigenvalue weighted by Crippen LogP contribution is -2.15. The molecule has 1 aliphatic rings. The molecule has 0 spiro atoms. The van der Waals surface area contributed by atoms with Crippen LogP contribution in [0.15, 0.2) is 72.8 Å². The second-order valence-corrected chi connectivity index (χ2v) is 7.74. The van der Waals surface area contributed by atoms with Gasteiger partial charge in [-0.25, -0.2) is 0 Å². The lowest BCUT2D eigenvalue weighted by Gasteiger charge is -2.12. The van der Waals surface area contributed by atoms with Crippen molar-refractivity contribution < 1.29 is 9.59 Å². The number of rotatable bonds is 7. The number of hydrogen-bond acceptors (Lipinski definition) is 3. The molecule has 1 saturated carbocycles. The van der Waals surface area contributed by atoms with E-state index in [2.05, 4.69) is 16.0 Å². The number of amides is 2. The Kier molecular flexibility index (Phi) is 6.00. The maximum Gasteiger partial charge on any atom is 0.255 e. The summed E-state index contributed by atoms with van der Waals surface area (Å²) >= 11 is 6.38. The monoisotopic (exact) mass is 419 g/mol. The van der Waals surface area contributed by atoms with Crippen LogP contribution in [0.2, 0.25) is 5.02 Å². The molecule has 0 aliphatic heterocycles. The van der Waals surface area contributed by atoms with E-state index in [1.807, 2.05) is 36.4 Å². The van der Waals surface area contributed by atoms with Gasteiger partial charge >= 0.3 is 0 Å². The second-order valence-electron chi connectivity index (χ2n) is 7.33. The zero-order valence-corrected chi connectivity index (χ0v) is 17.1. The maximum absolute atomic E-state index is 12.6. The zero-order chi connectivity index (χ0) is 20.9. The van der Waals surface area contributed by atoms with Crippen molar-refractivity contribution in [1.29, 1.82) is 0 Å². The van der Waals surface area contributed by atoms with Crippen molar-refractivity contribution in [2.75, 3.05) is 16.0 Å². The fourth-order valence-corrected chi connectivity index (χ4v) is 3.31. The largest absolute Gasteiger partial charge is 0.380 e. The van der Waals surface area contributed by atoms with Crippen LogP contribution in [-0.2, 0) is 11.3 Å². The molecule has 3 aromatic carbocycles. The van der Waals surface area contributed by atoms with E-state index in [1.54, 1.807) is 36.4 Å². The van der Waals surface area contributed by atoms with E-state index in [0.29, 0.717) is 28.5 Å². The summed E-state index contributed by atoms with van der Waals surface area (Å²) in [7, 11) is 0. The number of benzene rings is 3. The minimum atomic E-state index is -0.265. The van der Waals surface area contributed by atoms with Crippen molar-refractivity contribution in [3.05, 3.63) is 88.9 Å². The van der Waals surface area contributed by atoms with Crippen LogP contribution < -0.4 is 16.0 Å². The summed E-state index contributed by atoms with van der Waals surface area (Å²) in [5, 5.41) is 9.53. The quantitative estimate of drug-likeness (QED) is 0.470. The van der Waals surface area contributed by atoms with Gasteiger partial charge in [0.25, 0.3) is 5.91 Å². The van der Waals surface area contributed by atoms with Gasteiger partial charge in [-0.2, -0.15) is 0 Å². The number of halogens is 1. The Morgan fingerprint density at radius 2 is 1.63 bits per heavy atom. The summed E-state index contributed by atoms with van der Waals surface area (Å²) < 4.78 is 0. The van der Waals surface area contributed by atoms with Crippen LogP contribution in [0.5, 0.6) is 0 Å². The number of hydrogen-bond donors (Lipinski definition) is 3. The normalized spacial score (nSPS) is 12.8. The van der Waals surface area contributed by atoms with E-state index in [9.17, 15) is 9.59 Å². The lowest BCUT2D eigenvalue weighted by molar-refractivity contribution is -0.117. The van der Waals surface area contributed by atoms with E-state index in [0.717, 1.165) is 24.1 Å². The molecule has 6 heteroatoms. The third kappa shape index (κ3) is 5.19. The first-order valence-electron chi connectivity index (χ1n) is 9.88. The van der Waals surface area contributed by atoms with Gasteiger partial charge < -0.3 is 16.0 Å². The molecule has 30 heavy (non-hydrogen) atoms. The molecule has 0 saturated heterocycles. The van der Waals surface area contributed by atoms with Crippen LogP contribution in [0.4, 0.5) is 17.1 Å². The molecule has 0 heterocycles. The highest BCUT2D eigenvalue weighted by Gasteiger charge is 2.29. The molecule has 0 bridgehead atoms. The Balaban J connectivity index is 1.38. The maximum atomic E-state index is 12.6. The summed E-state index contributed by atoms with van der Waals surface area (Å²) in [4.78, 5) is 24.6. The predicted octanol–water partition coefficient (Wildman–Crippen LogP) is 5.55. The van der Waals surface area contributed by atoms with E-state index in [4.69, 9.17) is 11.6 Å². The number of nitrogens with one attached hydrogen (secondary N) is 3. The Morgan fingerprint density at radius 3 is 2.37 bits per heavy atom. The summed E-state index contributed by atoms with van der Waals surface area (Å²) in [6.07, 6.45) is 1.87. The summed E-state index contributed by atoms with van der Waals surface area (Å²) in [6, 6.07) is 22.3. The van der Waals surface area contributed by atoms with Crippen LogP contribution in [-0.4, -0.2) is 11.8 Å². The minimum Gasteiger partial charge on any atom is -0.380 e. The highest BCUT2D eigenvalue weighted by Crippen LogP contribution is 2.30. The van der Waals surface area contributed by atoms with Crippen molar-refractivity contribution in [3.8, 4) is 0 Å². The molecule has 4 rings (SSSR count). The Hall–Kier alpha value is -3.31. The van der Waals surface area contributed by atoms with Gasteiger partial charge in [-0.15, -0.1) is 0 Å². The van der Waals surface area contributed by atoms with Gasteiger partial charge in [0.2, 0.25) is 5.91 Å². The van der Waals surface area contributed by atoms with E-state index < -0.39 is 0 Å². The number of anilines is 3. The Labute approximate surface area is 180 Å². The van der Waals surface area contributed by atoms with Crippen LogP contribution in [0.3, 0.4) is 0 Å². The van der Waals surface area contributed by atoms with Crippen molar-refractivity contribution in [3.63, 3.8) is 0 Å². The van der Waals surface area contributed by atoms with E-state index >= 15 is 0 Å². The molecule has 0 unspecified atom stereocenters. The molecule has 0 radical (unpaired) electrons. The second kappa shape index (κ2) is 9.01. The van der Waals surface area contributed by atoms with Gasteiger partial charge in [0, 0.05) is 29.4 Å². The molecule has 1 fully saturated rings. The molecule has 3 aromatic rings. The molecule has 3 N–H and O–H groups in total. The number of carbonyl (C=O) groups excluding carboxylic acids is 2. The lowest BCUT2D eigenvalue weighted by atomic mass is 10.1. The molecule has 0 atom stereocenters. The van der Waals surface area contributed by atoms with Gasteiger partial charge in [0.1, 0.15) is 0 Å². The smallest absolute Gasteiger partial charge is 0.255 e. The third-order valence-electron chi connectivity index (χ3n) is 4.89. The van der Waals surface area contributed by atoms with Crippen molar-refractivity contribution in [2.45, 2.75) is 19.4 Å². The van der Waals surface area contributed by atoms with Crippen molar-refractivity contribution in [2.24, 2.45) is 5.92 Å². The van der Waals surface area contributed by atoms with Crippen LogP contribution >= 0.6 is 11.6 Å². The fourth-order valence-electron chi connectivity index (χ4n) is 3.06. The van der Waals surface area contributed by atoms with Crippen molar-refractivity contribution in [1.82, 2.24) is 0 Å². The fraction of sp³-hybridized carbons (Fsp3) is 0.167. The summed E-state index contributed by atoms with van der Waals surface area (Å²) in [6.45, 7) is 0.658.